The molecule has 0 bridgehead atoms. The summed E-state index contributed by atoms with van der Waals surface area (Å²) in [5.41, 5.74) is 0.469. The lowest BCUT2D eigenvalue weighted by atomic mass is 9.81. The Labute approximate surface area is 114 Å². The molecule has 2 aliphatic heterocycles. The van der Waals surface area contributed by atoms with Gasteiger partial charge in [-0.05, 0) is 44.6 Å². The van der Waals surface area contributed by atoms with Gasteiger partial charge in [0.05, 0.1) is 0 Å². The highest BCUT2D eigenvalue weighted by Crippen LogP contribution is 2.35. The second kappa shape index (κ2) is 6.53. The summed E-state index contributed by atoms with van der Waals surface area (Å²) in [7, 11) is 0. The highest BCUT2D eigenvalue weighted by atomic mass is 79.9. The van der Waals surface area contributed by atoms with Gasteiger partial charge in [0.25, 0.3) is 0 Å². The number of rotatable bonds is 3. The average Bonchev–Trinajstić information content (AvgIpc) is 2.56. The predicted molar refractivity (Wildman–Crippen MR) is 75.8 cm³/mol. The van der Waals surface area contributed by atoms with Crippen LogP contribution in [0.25, 0.3) is 0 Å². The monoisotopic (exact) mass is 303 g/mol. The van der Waals surface area contributed by atoms with Gasteiger partial charge in [0.1, 0.15) is 0 Å². The molecular weight excluding hydrogens is 278 g/mol. The fourth-order valence-electron chi connectivity index (χ4n) is 3.14. The van der Waals surface area contributed by atoms with E-state index >= 15 is 0 Å². The van der Waals surface area contributed by atoms with Gasteiger partial charge in [-0.2, -0.15) is 0 Å². The number of ether oxygens (including phenoxy) is 1. The Morgan fingerprint density at radius 2 is 2.00 bits per heavy atom. The third kappa shape index (κ3) is 3.68. The van der Waals surface area contributed by atoms with Crippen molar-refractivity contribution in [2.24, 2.45) is 5.41 Å². The topological polar surface area (TPSA) is 12.5 Å². The lowest BCUT2D eigenvalue weighted by Gasteiger charge is -2.41. The zero-order valence-electron chi connectivity index (χ0n) is 11.1. The molecule has 1 atom stereocenters. The molecule has 2 nitrogen and oxygen atoms in total. The number of likely N-dealkylation sites (tertiary alicyclic amines) is 1. The van der Waals surface area contributed by atoms with Crippen LogP contribution in [0.4, 0.5) is 0 Å². The minimum Gasteiger partial charge on any atom is -0.381 e. The Balaban J connectivity index is 1.95. The van der Waals surface area contributed by atoms with Crippen molar-refractivity contribution >= 4 is 15.9 Å². The van der Waals surface area contributed by atoms with Crippen LogP contribution in [-0.4, -0.2) is 42.6 Å². The summed E-state index contributed by atoms with van der Waals surface area (Å²) in [4.78, 5) is 2.74. The van der Waals surface area contributed by atoms with Gasteiger partial charge >= 0.3 is 0 Å². The Morgan fingerprint density at radius 3 is 2.71 bits per heavy atom. The molecule has 0 amide bonds. The van der Waals surface area contributed by atoms with E-state index in [1.54, 1.807) is 0 Å². The van der Waals surface area contributed by atoms with E-state index in [2.05, 4.69) is 27.8 Å². The summed E-state index contributed by atoms with van der Waals surface area (Å²) >= 11 is 3.75. The molecule has 3 heteroatoms. The summed E-state index contributed by atoms with van der Waals surface area (Å²) < 4.78 is 5.53. The molecule has 0 N–H and O–H groups in total. The van der Waals surface area contributed by atoms with Crippen molar-refractivity contribution in [1.82, 2.24) is 4.90 Å². The average molecular weight is 304 g/mol. The van der Waals surface area contributed by atoms with Crippen LogP contribution in [0.3, 0.4) is 0 Å². The second-order valence-corrected chi connectivity index (χ2v) is 6.48. The van der Waals surface area contributed by atoms with Crippen molar-refractivity contribution in [2.45, 2.75) is 51.5 Å². The smallest absolute Gasteiger partial charge is 0.0472 e. The summed E-state index contributed by atoms with van der Waals surface area (Å²) in [6.07, 6.45) is 8.06. The summed E-state index contributed by atoms with van der Waals surface area (Å²) in [5.74, 6) is 0. The number of hydrogen-bond donors (Lipinski definition) is 0. The van der Waals surface area contributed by atoms with E-state index in [4.69, 9.17) is 4.74 Å². The van der Waals surface area contributed by atoms with Crippen LogP contribution in [-0.2, 0) is 4.74 Å². The Kier molecular flexibility index (Phi) is 5.31. The van der Waals surface area contributed by atoms with E-state index in [1.807, 2.05) is 0 Å². The Hall–Kier alpha value is 0.400. The molecule has 0 aliphatic carbocycles. The minimum atomic E-state index is 0.469. The fourth-order valence-corrected chi connectivity index (χ4v) is 3.88. The van der Waals surface area contributed by atoms with Crippen LogP contribution in [0.2, 0.25) is 0 Å². The lowest BCUT2D eigenvalue weighted by molar-refractivity contribution is 0.00225. The number of alkyl halides is 1. The molecule has 1 unspecified atom stereocenters. The van der Waals surface area contributed by atoms with E-state index in [0.717, 1.165) is 24.6 Å². The summed E-state index contributed by atoms with van der Waals surface area (Å²) in [6, 6.07) is 0.774. The molecule has 0 saturated carbocycles. The Bertz CT molecular complexity index is 228. The maximum Gasteiger partial charge on any atom is 0.0472 e. The fraction of sp³-hybridized carbons (Fsp3) is 1.00. The minimum absolute atomic E-state index is 0.469. The molecule has 2 saturated heterocycles. The van der Waals surface area contributed by atoms with E-state index in [1.165, 1.54) is 51.6 Å². The normalized spacial score (nSPS) is 31.1. The van der Waals surface area contributed by atoms with Crippen LogP contribution in [0, 0.1) is 5.41 Å². The first kappa shape index (κ1) is 13.8. The standard InChI is InChI=1S/C14H26BrNO/c1-13-5-3-2-4-8-16(13)12-14(11-15)6-9-17-10-7-14/h13H,2-12H2,1H3. The molecule has 0 aromatic heterocycles. The first-order chi connectivity index (χ1) is 8.26. The number of halogens is 1. The van der Waals surface area contributed by atoms with Gasteiger partial charge < -0.3 is 9.64 Å². The van der Waals surface area contributed by atoms with Crippen molar-refractivity contribution in [3.63, 3.8) is 0 Å². The second-order valence-electron chi connectivity index (χ2n) is 5.91. The third-order valence-corrected chi connectivity index (χ3v) is 5.76. The highest BCUT2D eigenvalue weighted by molar-refractivity contribution is 9.09. The van der Waals surface area contributed by atoms with E-state index < -0.39 is 0 Å². The predicted octanol–water partition coefficient (Wildman–Crippen LogP) is 3.44. The van der Waals surface area contributed by atoms with Crippen LogP contribution >= 0.6 is 15.9 Å². The molecule has 0 spiro atoms. The first-order valence-electron chi connectivity index (χ1n) is 7.14. The number of hydrogen-bond acceptors (Lipinski definition) is 2. The maximum atomic E-state index is 5.53. The zero-order chi connectivity index (χ0) is 12.1. The largest absolute Gasteiger partial charge is 0.381 e. The van der Waals surface area contributed by atoms with Gasteiger partial charge in [0.2, 0.25) is 0 Å². The maximum absolute atomic E-state index is 5.53. The van der Waals surface area contributed by atoms with E-state index in [9.17, 15) is 0 Å². The van der Waals surface area contributed by atoms with Crippen molar-refractivity contribution in [3.8, 4) is 0 Å². The SMILES string of the molecule is CC1CCCCCN1CC1(CBr)CCOCC1. The Morgan fingerprint density at radius 1 is 1.24 bits per heavy atom. The molecule has 100 valence electrons. The van der Waals surface area contributed by atoms with Gasteiger partial charge in [0.15, 0.2) is 0 Å². The van der Waals surface area contributed by atoms with Crippen LogP contribution in [0.1, 0.15) is 45.4 Å². The van der Waals surface area contributed by atoms with E-state index in [0.29, 0.717) is 5.41 Å². The molecular formula is C14H26BrNO. The summed E-state index contributed by atoms with van der Waals surface area (Å²) in [6.45, 7) is 6.88. The molecule has 2 aliphatic rings. The van der Waals surface area contributed by atoms with Gasteiger partial charge in [0, 0.05) is 31.1 Å². The van der Waals surface area contributed by atoms with Crippen LogP contribution < -0.4 is 0 Å². The van der Waals surface area contributed by atoms with Gasteiger partial charge in [-0.25, -0.2) is 0 Å². The molecule has 2 heterocycles. The molecule has 17 heavy (non-hydrogen) atoms. The van der Waals surface area contributed by atoms with Crippen LogP contribution in [0.5, 0.6) is 0 Å². The lowest BCUT2D eigenvalue weighted by Crippen LogP contribution is -2.45. The van der Waals surface area contributed by atoms with Crippen molar-refractivity contribution in [1.29, 1.82) is 0 Å². The third-order valence-electron chi connectivity index (χ3n) is 4.57. The van der Waals surface area contributed by atoms with Crippen molar-refractivity contribution in [2.75, 3.05) is 31.6 Å². The van der Waals surface area contributed by atoms with Crippen molar-refractivity contribution in [3.05, 3.63) is 0 Å². The molecule has 2 fully saturated rings. The number of nitrogens with zero attached hydrogens (tertiary/aromatic N) is 1. The quantitative estimate of drug-likeness (QED) is 0.741. The van der Waals surface area contributed by atoms with Gasteiger partial charge in [-0.1, -0.05) is 28.8 Å². The van der Waals surface area contributed by atoms with Crippen LogP contribution in [0.15, 0.2) is 0 Å². The molecule has 0 aromatic carbocycles. The molecule has 0 aromatic rings. The van der Waals surface area contributed by atoms with Gasteiger partial charge in [-0.3, -0.25) is 0 Å². The van der Waals surface area contributed by atoms with Crippen molar-refractivity contribution < 1.29 is 4.74 Å². The van der Waals surface area contributed by atoms with Gasteiger partial charge in [-0.15, -0.1) is 0 Å². The molecule has 2 rings (SSSR count). The highest BCUT2D eigenvalue weighted by Gasteiger charge is 2.34. The zero-order valence-corrected chi connectivity index (χ0v) is 12.7. The molecule has 0 radical (unpaired) electrons. The van der Waals surface area contributed by atoms with E-state index in [-0.39, 0.29) is 0 Å². The first-order valence-corrected chi connectivity index (χ1v) is 8.26. The summed E-state index contributed by atoms with van der Waals surface area (Å²) in [5, 5.41) is 1.13.